The highest BCUT2D eigenvalue weighted by Gasteiger charge is 2.14. The Kier molecular flexibility index (Phi) is 3.75. The number of aromatic nitrogens is 3. The number of rotatable bonds is 5. The molecule has 0 aromatic carbocycles. The van der Waals surface area contributed by atoms with Gasteiger partial charge >= 0.3 is 0 Å². The predicted octanol–water partition coefficient (Wildman–Crippen LogP) is 1.30. The van der Waals surface area contributed by atoms with E-state index in [1.54, 1.807) is 6.20 Å². The summed E-state index contributed by atoms with van der Waals surface area (Å²) < 4.78 is 1.87. The summed E-state index contributed by atoms with van der Waals surface area (Å²) in [7, 11) is 0. The summed E-state index contributed by atoms with van der Waals surface area (Å²) in [5, 5.41) is 7.91. The number of hydrogen-bond acceptors (Lipinski definition) is 4. The highest BCUT2D eigenvalue weighted by Crippen LogP contribution is 2.10. The van der Waals surface area contributed by atoms with Crippen LogP contribution in [0.4, 0.5) is 0 Å². The lowest BCUT2D eigenvalue weighted by molar-refractivity contribution is 0.298. The third kappa shape index (κ3) is 2.93. The van der Waals surface area contributed by atoms with E-state index in [2.05, 4.69) is 27.2 Å². The molecule has 0 amide bonds. The maximum atomic E-state index is 4.33. The minimum Gasteiger partial charge on any atom is -0.309 e. The summed E-state index contributed by atoms with van der Waals surface area (Å²) in [6.45, 7) is 6.75. The first-order valence-corrected chi connectivity index (χ1v) is 7.05. The van der Waals surface area contributed by atoms with E-state index in [-0.39, 0.29) is 0 Å². The molecule has 102 valence electrons. The molecular formula is C14H21N5. The molecular weight excluding hydrogens is 238 g/mol. The van der Waals surface area contributed by atoms with Crippen molar-refractivity contribution >= 4 is 5.52 Å². The maximum absolute atomic E-state index is 4.33. The van der Waals surface area contributed by atoms with Crippen molar-refractivity contribution in [2.75, 3.05) is 19.6 Å². The summed E-state index contributed by atoms with van der Waals surface area (Å²) in [5.41, 5.74) is 2.30. The minimum atomic E-state index is 0.504. The normalized spacial score (nSPS) is 18.2. The predicted molar refractivity (Wildman–Crippen MR) is 75.0 cm³/mol. The molecule has 1 aliphatic rings. The van der Waals surface area contributed by atoms with Crippen molar-refractivity contribution in [2.45, 2.75) is 32.4 Å². The smallest absolute Gasteiger partial charge is 0.0889 e. The molecule has 1 aliphatic heterocycles. The Morgan fingerprint density at radius 2 is 2.16 bits per heavy atom. The second kappa shape index (κ2) is 5.67. The molecule has 2 aromatic rings. The molecule has 5 nitrogen and oxygen atoms in total. The van der Waals surface area contributed by atoms with Crippen molar-refractivity contribution < 1.29 is 0 Å². The van der Waals surface area contributed by atoms with Gasteiger partial charge in [0.05, 0.1) is 17.9 Å². The van der Waals surface area contributed by atoms with Crippen LogP contribution in [0.25, 0.3) is 5.52 Å². The van der Waals surface area contributed by atoms with Crippen LogP contribution < -0.4 is 5.32 Å². The first kappa shape index (κ1) is 12.6. The molecule has 0 saturated carbocycles. The lowest BCUT2D eigenvalue weighted by atomic mass is 10.2. The maximum Gasteiger partial charge on any atom is 0.0889 e. The molecule has 3 rings (SSSR count). The molecule has 1 unspecified atom stereocenters. The Morgan fingerprint density at radius 3 is 3.00 bits per heavy atom. The van der Waals surface area contributed by atoms with E-state index in [0.717, 1.165) is 18.6 Å². The van der Waals surface area contributed by atoms with E-state index in [1.165, 1.54) is 31.5 Å². The molecule has 3 heterocycles. The highest BCUT2D eigenvalue weighted by atomic mass is 15.2. The second-order valence-electron chi connectivity index (χ2n) is 5.37. The Bertz CT molecular complexity index is 529. The van der Waals surface area contributed by atoms with Crippen LogP contribution in [0.2, 0.25) is 0 Å². The SMILES string of the molecule is CC(CN1CCCC1)NCc1cnn2ccncc12. The van der Waals surface area contributed by atoms with Crippen LogP contribution >= 0.6 is 0 Å². The molecule has 1 N–H and O–H groups in total. The van der Waals surface area contributed by atoms with Gasteiger partial charge in [0.15, 0.2) is 0 Å². The number of nitrogens with zero attached hydrogens (tertiary/aromatic N) is 4. The van der Waals surface area contributed by atoms with Crippen molar-refractivity contribution in [1.82, 2.24) is 24.8 Å². The highest BCUT2D eigenvalue weighted by molar-refractivity contribution is 5.51. The van der Waals surface area contributed by atoms with Gasteiger partial charge in [-0.1, -0.05) is 0 Å². The van der Waals surface area contributed by atoms with Crippen LogP contribution in [0.15, 0.2) is 24.8 Å². The van der Waals surface area contributed by atoms with Gasteiger partial charge in [0.2, 0.25) is 0 Å². The van der Waals surface area contributed by atoms with E-state index in [9.17, 15) is 0 Å². The molecule has 19 heavy (non-hydrogen) atoms. The number of hydrogen-bond donors (Lipinski definition) is 1. The van der Waals surface area contributed by atoms with Gasteiger partial charge in [-0.2, -0.15) is 5.10 Å². The fourth-order valence-electron chi connectivity index (χ4n) is 2.72. The Balaban J connectivity index is 1.56. The molecule has 0 bridgehead atoms. The zero-order chi connectivity index (χ0) is 13.1. The quantitative estimate of drug-likeness (QED) is 0.879. The first-order valence-electron chi connectivity index (χ1n) is 7.05. The van der Waals surface area contributed by atoms with Crippen LogP contribution in [0.5, 0.6) is 0 Å². The average Bonchev–Trinajstić information content (AvgIpc) is 3.05. The third-order valence-corrected chi connectivity index (χ3v) is 3.78. The lowest BCUT2D eigenvalue weighted by Crippen LogP contribution is -2.37. The van der Waals surface area contributed by atoms with Crippen molar-refractivity contribution in [2.24, 2.45) is 0 Å². The Morgan fingerprint density at radius 1 is 1.32 bits per heavy atom. The van der Waals surface area contributed by atoms with Crippen molar-refractivity contribution in [3.05, 3.63) is 30.4 Å². The summed E-state index contributed by atoms with van der Waals surface area (Å²) in [4.78, 5) is 6.70. The Labute approximate surface area is 113 Å². The van der Waals surface area contributed by atoms with E-state index < -0.39 is 0 Å². The molecule has 1 fully saturated rings. The number of nitrogens with one attached hydrogen (secondary N) is 1. The van der Waals surface area contributed by atoms with Gasteiger partial charge in [-0.05, 0) is 32.9 Å². The van der Waals surface area contributed by atoms with Crippen LogP contribution in [-0.4, -0.2) is 45.2 Å². The molecule has 0 radical (unpaired) electrons. The summed E-state index contributed by atoms with van der Waals surface area (Å²) in [6, 6.07) is 0.504. The van der Waals surface area contributed by atoms with Gasteiger partial charge in [-0.25, -0.2) is 4.52 Å². The van der Waals surface area contributed by atoms with Crippen LogP contribution in [-0.2, 0) is 6.54 Å². The zero-order valence-electron chi connectivity index (χ0n) is 11.4. The van der Waals surface area contributed by atoms with E-state index in [1.807, 2.05) is 23.1 Å². The van der Waals surface area contributed by atoms with Crippen molar-refractivity contribution in [3.63, 3.8) is 0 Å². The molecule has 2 aromatic heterocycles. The van der Waals surface area contributed by atoms with E-state index in [0.29, 0.717) is 6.04 Å². The van der Waals surface area contributed by atoms with E-state index in [4.69, 9.17) is 0 Å². The molecule has 0 aliphatic carbocycles. The zero-order valence-corrected chi connectivity index (χ0v) is 11.4. The van der Waals surface area contributed by atoms with Gasteiger partial charge in [0.1, 0.15) is 0 Å². The fourth-order valence-corrected chi connectivity index (χ4v) is 2.72. The molecule has 0 spiro atoms. The first-order chi connectivity index (χ1) is 9.33. The second-order valence-corrected chi connectivity index (χ2v) is 5.37. The van der Waals surface area contributed by atoms with Crippen LogP contribution in [0.1, 0.15) is 25.3 Å². The summed E-state index contributed by atoms with van der Waals surface area (Å²) in [6.07, 6.45) is 10.1. The lowest BCUT2D eigenvalue weighted by Gasteiger charge is -2.21. The van der Waals surface area contributed by atoms with E-state index >= 15 is 0 Å². The minimum absolute atomic E-state index is 0.504. The summed E-state index contributed by atoms with van der Waals surface area (Å²) in [5.74, 6) is 0. The Hall–Kier alpha value is -1.46. The topological polar surface area (TPSA) is 45.5 Å². The largest absolute Gasteiger partial charge is 0.309 e. The summed E-state index contributed by atoms with van der Waals surface area (Å²) >= 11 is 0. The van der Waals surface area contributed by atoms with Gasteiger partial charge in [-0.3, -0.25) is 4.98 Å². The molecule has 1 atom stereocenters. The van der Waals surface area contributed by atoms with Crippen LogP contribution in [0.3, 0.4) is 0 Å². The third-order valence-electron chi connectivity index (χ3n) is 3.78. The number of fused-ring (bicyclic) bond motifs is 1. The van der Waals surface area contributed by atoms with Crippen molar-refractivity contribution in [1.29, 1.82) is 0 Å². The fraction of sp³-hybridized carbons (Fsp3) is 0.571. The monoisotopic (exact) mass is 259 g/mol. The van der Waals surface area contributed by atoms with Crippen molar-refractivity contribution in [3.8, 4) is 0 Å². The van der Waals surface area contributed by atoms with Gasteiger partial charge in [0, 0.05) is 37.1 Å². The average molecular weight is 259 g/mol. The number of likely N-dealkylation sites (tertiary alicyclic amines) is 1. The van der Waals surface area contributed by atoms with Crippen LogP contribution in [0, 0.1) is 0 Å². The standard InChI is InChI=1S/C14H21N5/c1-12(11-18-5-2-3-6-18)16-8-13-9-17-19-7-4-15-10-14(13)19/h4,7,9-10,12,16H,2-3,5-6,8,11H2,1H3. The van der Waals surface area contributed by atoms with Gasteiger partial charge in [0.25, 0.3) is 0 Å². The van der Waals surface area contributed by atoms with Gasteiger partial charge in [-0.15, -0.1) is 0 Å². The molecule has 1 saturated heterocycles. The molecule has 5 heteroatoms. The van der Waals surface area contributed by atoms with Gasteiger partial charge < -0.3 is 10.2 Å².